The van der Waals surface area contributed by atoms with E-state index in [1.165, 1.54) is 0 Å². The van der Waals surface area contributed by atoms with Crippen LogP contribution in [0, 0.1) is 0 Å². The van der Waals surface area contributed by atoms with Gasteiger partial charge in [0.1, 0.15) is 11.7 Å². The average molecular weight is 306 g/mol. The van der Waals surface area contributed by atoms with Gasteiger partial charge in [-0.2, -0.15) is 0 Å². The Hall–Kier alpha value is -3.02. The Morgan fingerprint density at radius 2 is 1.83 bits per heavy atom. The maximum absolute atomic E-state index is 5.88. The molecule has 0 spiro atoms. The summed E-state index contributed by atoms with van der Waals surface area (Å²) in [5.74, 6) is 1.73. The summed E-state index contributed by atoms with van der Waals surface area (Å²) < 4.78 is 0. The lowest BCUT2D eigenvalue weighted by Crippen LogP contribution is -2.30. The largest absolute Gasteiger partial charge is 0.397 e. The van der Waals surface area contributed by atoms with E-state index in [0.29, 0.717) is 11.4 Å². The van der Waals surface area contributed by atoms with E-state index in [4.69, 9.17) is 11.5 Å². The van der Waals surface area contributed by atoms with Gasteiger partial charge in [0.15, 0.2) is 0 Å². The number of aliphatic imine (C=N–C) groups is 1. The van der Waals surface area contributed by atoms with Crippen LogP contribution >= 0.6 is 0 Å². The van der Waals surface area contributed by atoms with Crippen LogP contribution in [-0.4, -0.2) is 28.9 Å². The summed E-state index contributed by atoms with van der Waals surface area (Å²) in [6, 6.07) is 11.7. The molecule has 1 aliphatic heterocycles. The van der Waals surface area contributed by atoms with E-state index in [1.54, 1.807) is 6.07 Å². The van der Waals surface area contributed by atoms with Crippen LogP contribution in [0.2, 0.25) is 0 Å². The van der Waals surface area contributed by atoms with Gasteiger partial charge < -0.3 is 21.8 Å². The highest BCUT2D eigenvalue weighted by Gasteiger charge is 2.11. The first-order valence-electron chi connectivity index (χ1n) is 7.64. The fraction of sp³-hybridized carbons (Fsp3) is 0.176. The number of aromatic nitrogens is 2. The molecule has 0 unspecified atom stereocenters. The molecule has 0 aliphatic carbocycles. The highest BCUT2D eigenvalue weighted by Crippen LogP contribution is 2.25. The van der Waals surface area contributed by atoms with Gasteiger partial charge in [-0.1, -0.05) is 0 Å². The summed E-state index contributed by atoms with van der Waals surface area (Å²) in [4.78, 5) is 12.5. The summed E-state index contributed by atoms with van der Waals surface area (Å²) in [6.45, 7) is 1.84. The number of anilines is 2. The minimum absolute atomic E-state index is 0.560. The average Bonchev–Trinajstić information content (AvgIpc) is 3.01. The van der Waals surface area contributed by atoms with Gasteiger partial charge in [0.25, 0.3) is 0 Å². The number of nitrogens with one attached hydrogen (secondary N) is 2. The first-order valence-corrected chi connectivity index (χ1v) is 7.64. The lowest BCUT2D eigenvalue weighted by atomic mass is 10.1. The molecule has 0 bridgehead atoms. The van der Waals surface area contributed by atoms with Crippen molar-refractivity contribution in [3.05, 3.63) is 42.0 Å². The number of H-pyrrole nitrogens is 1. The third-order valence-corrected chi connectivity index (χ3v) is 4.01. The number of imidazole rings is 1. The van der Waals surface area contributed by atoms with Crippen molar-refractivity contribution in [1.29, 1.82) is 0 Å². The zero-order valence-corrected chi connectivity index (χ0v) is 12.6. The molecule has 6 N–H and O–H groups in total. The van der Waals surface area contributed by atoms with E-state index in [9.17, 15) is 0 Å². The van der Waals surface area contributed by atoms with Crippen LogP contribution in [0.15, 0.2) is 41.4 Å². The standard InChI is InChI=1S/C17H18N6/c18-12-4-2-10(8-13(12)19)17-22-14-5-3-11(9-15(14)23-17)16-20-6-1-7-21-16/h2-5,8-9H,1,6-7,18-19H2,(H,20,21)(H,22,23). The Labute approximate surface area is 133 Å². The first kappa shape index (κ1) is 13.6. The molecule has 0 fully saturated rings. The number of benzene rings is 2. The van der Waals surface area contributed by atoms with Gasteiger partial charge in [-0.25, -0.2) is 4.98 Å². The topological polar surface area (TPSA) is 105 Å². The van der Waals surface area contributed by atoms with Crippen LogP contribution in [0.25, 0.3) is 22.4 Å². The monoisotopic (exact) mass is 306 g/mol. The third-order valence-electron chi connectivity index (χ3n) is 4.01. The van der Waals surface area contributed by atoms with Crippen LogP contribution in [-0.2, 0) is 0 Å². The number of amidine groups is 1. The van der Waals surface area contributed by atoms with Crippen molar-refractivity contribution in [2.45, 2.75) is 6.42 Å². The molecule has 0 amide bonds. The molecule has 1 aliphatic rings. The van der Waals surface area contributed by atoms with Crippen molar-refractivity contribution in [2.24, 2.45) is 4.99 Å². The minimum atomic E-state index is 0.560. The highest BCUT2D eigenvalue weighted by molar-refractivity contribution is 6.01. The van der Waals surface area contributed by atoms with Crippen molar-refractivity contribution in [3.63, 3.8) is 0 Å². The van der Waals surface area contributed by atoms with Crippen molar-refractivity contribution in [1.82, 2.24) is 15.3 Å². The Kier molecular flexibility index (Phi) is 3.15. The number of rotatable bonds is 2. The molecular weight excluding hydrogens is 288 g/mol. The van der Waals surface area contributed by atoms with Crippen molar-refractivity contribution in [3.8, 4) is 11.4 Å². The summed E-state index contributed by atoms with van der Waals surface area (Å²) in [6.07, 6.45) is 1.08. The van der Waals surface area contributed by atoms with Crippen molar-refractivity contribution < 1.29 is 0 Å². The molecule has 0 atom stereocenters. The summed E-state index contributed by atoms with van der Waals surface area (Å²) in [5.41, 5.74) is 16.7. The molecule has 3 aromatic rings. The Morgan fingerprint density at radius 1 is 0.957 bits per heavy atom. The first-order chi connectivity index (χ1) is 11.2. The van der Waals surface area contributed by atoms with E-state index < -0.39 is 0 Å². The second-order valence-electron chi connectivity index (χ2n) is 5.67. The van der Waals surface area contributed by atoms with Crippen molar-refractivity contribution >= 4 is 28.2 Å². The molecule has 0 radical (unpaired) electrons. The van der Waals surface area contributed by atoms with Crippen LogP contribution < -0.4 is 16.8 Å². The molecule has 0 saturated carbocycles. The quantitative estimate of drug-likeness (QED) is 0.544. The van der Waals surface area contributed by atoms with Crippen LogP contribution in [0.1, 0.15) is 12.0 Å². The SMILES string of the molecule is Nc1ccc(-c2nc3ccc(C4=NCCCN4)cc3[nH]2)cc1N. The van der Waals surface area contributed by atoms with Gasteiger partial charge in [-0.3, -0.25) is 4.99 Å². The van der Waals surface area contributed by atoms with E-state index in [1.807, 2.05) is 24.3 Å². The fourth-order valence-electron chi connectivity index (χ4n) is 2.74. The lowest BCUT2D eigenvalue weighted by Gasteiger charge is -2.14. The Morgan fingerprint density at radius 3 is 2.61 bits per heavy atom. The maximum Gasteiger partial charge on any atom is 0.138 e. The molecule has 0 saturated heterocycles. The van der Waals surface area contributed by atoms with Crippen LogP contribution in [0.3, 0.4) is 0 Å². The van der Waals surface area contributed by atoms with Gasteiger partial charge in [-0.05, 0) is 42.8 Å². The second-order valence-corrected chi connectivity index (χ2v) is 5.67. The minimum Gasteiger partial charge on any atom is -0.397 e. The van der Waals surface area contributed by atoms with E-state index >= 15 is 0 Å². The summed E-state index contributed by atoms with van der Waals surface area (Å²) in [5, 5.41) is 3.34. The second kappa shape index (κ2) is 5.31. The number of nitrogen functional groups attached to an aromatic ring is 2. The summed E-state index contributed by atoms with van der Waals surface area (Å²) in [7, 11) is 0. The number of hydrogen-bond donors (Lipinski definition) is 4. The fourth-order valence-corrected chi connectivity index (χ4v) is 2.74. The zero-order chi connectivity index (χ0) is 15.8. The zero-order valence-electron chi connectivity index (χ0n) is 12.6. The molecule has 6 nitrogen and oxygen atoms in total. The highest BCUT2D eigenvalue weighted by atomic mass is 15.0. The van der Waals surface area contributed by atoms with E-state index in [2.05, 4.69) is 26.3 Å². The van der Waals surface area contributed by atoms with Gasteiger partial charge in [0.2, 0.25) is 0 Å². The molecule has 2 heterocycles. The molecular formula is C17H18N6. The van der Waals surface area contributed by atoms with E-state index in [-0.39, 0.29) is 0 Å². The predicted octanol–water partition coefficient (Wildman–Crippen LogP) is 2.13. The number of aromatic amines is 1. The number of fused-ring (bicyclic) bond motifs is 1. The molecule has 6 heteroatoms. The smallest absolute Gasteiger partial charge is 0.138 e. The molecule has 4 rings (SSSR count). The number of hydrogen-bond acceptors (Lipinski definition) is 5. The Bertz CT molecular complexity index is 909. The van der Waals surface area contributed by atoms with Gasteiger partial charge in [0, 0.05) is 24.2 Å². The third kappa shape index (κ3) is 2.48. The van der Waals surface area contributed by atoms with Crippen LogP contribution in [0.4, 0.5) is 11.4 Å². The van der Waals surface area contributed by atoms with E-state index in [0.717, 1.165) is 53.3 Å². The molecule has 1 aromatic heterocycles. The van der Waals surface area contributed by atoms with Gasteiger partial charge in [0.05, 0.1) is 22.4 Å². The normalized spacial score (nSPS) is 14.5. The van der Waals surface area contributed by atoms with Crippen molar-refractivity contribution in [2.75, 3.05) is 24.6 Å². The molecule has 2 aromatic carbocycles. The van der Waals surface area contributed by atoms with Gasteiger partial charge in [-0.15, -0.1) is 0 Å². The number of nitrogens with zero attached hydrogens (tertiary/aromatic N) is 2. The Balaban J connectivity index is 1.75. The summed E-state index contributed by atoms with van der Waals surface area (Å²) >= 11 is 0. The number of nitrogens with two attached hydrogens (primary N) is 2. The van der Waals surface area contributed by atoms with Crippen LogP contribution in [0.5, 0.6) is 0 Å². The maximum atomic E-state index is 5.88. The lowest BCUT2D eigenvalue weighted by molar-refractivity contribution is 0.742. The predicted molar refractivity (Wildman–Crippen MR) is 94.4 cm³/mol. The molecule has 116 valence electrons. The molecule has 23 heavy (non-hydrogen) atoms. The van der Waals surface area contributed by atoms with Gasteiger partial charge >= 0.3 is 0 Å².